The van der Waals surface area contributed by atoms with Crippen LogP contribution in [0.2, 0.25) is 0 Å². The number of carbonyl (C=O) groups excluding carboxylic acids is 1. The summed E-state index contributed by atoms with van der Waals surface area (Å²) < 4.78 is 0. The molecule has 1 aromatic heterocycles. The van der Waals surface area contributed by atoms with Crippen molar-refractivity contribution in [3.05, 3.63) is 16.1 Å². The first kappa shape index (κ1) is 13.1. The van der Waals surface area contributed by atoms with Gasteiger partial charge in [-0.05, 0) is 44.1 Å². The van der Waals surface area contributed by atoms with Gasteiger partial charge in [0, 0.05) is 24.9 Å². The van der Waals surface area contributed by atoms with Crippen LogP contribution in [-0.2, 0) is 6.42 Å². The molecule has 104 valence electrons. The topological polar surface area (TPSA) is 59.2 Å². The first-order valence-electron chi connectivity index (χ1n) is 7.12. The Labute approximate surface area is 118 Å². The van der Waals surface area contributed by atoms with Gasteiger partial charge >= 0.3 is 0 Å². The Balaban J connectivity index is 1.70. The number of nitrogens with two attached hydrogens (primary N) is 1. The van der Waals surface area contributed by atoms with Crippen molar-refractivity contribution < 1.29 is 4.79 Å². The maximum atomic E-state index is 12.5. The summed E-state index contributed by atoms with van der Waals surface area (Å²) in [6, 6.07) is 0.451. The molecule has 0 aliphatic heterocycles. The van der Waals surface area contributed by atoms with E-state index in [-0.39, 0.29) is 5.91 Å². The third kappa shape index (κ3) is 2.82. The van der Waals surface area contributed by atoms with Gasteiger partial charge in [-0.2, -0.15) is 0 Å². The summed E-state index contributed by atoms with van der Waals surface area (Å²) in [6.07, 6.45) is 5.90. The van der Waals surface area contributed by atoms with E-state index >= 15 is 0 Å². The molecule has 1 heterocycles. The van der Waals surface area contributed by atoms with E-state index in [1.54, 1.807) is 11.3 Å². The zero-order valence-corrected chi connectivity index (χ0v) is 12.2. The minimum atomic E-state index is 0.0864. The molecule has 2 fully saturated rings. The largest absolute Gasteiger partial charge is 0.337 e. The maximum absolute atomic E-state index is 12.5. The van der Waals surface area contributed by atoms with Crippen LogP contribution in [0.1, 0.15) is 41.2 Å². The smallest absolute Gasteiger partial charge is 0.273 e. The van der Waals surface area contributed by atoms with Gasteiger partial charge in [0.15, 0.2) is 0 Å². The predicted octanol–water partition coefficient (Wildman–Crippen LogP) is 1.90. The minimum absolute atomic E-state index is 0.0864. The Morgan fingerprint density at radius 1 is 1.47 bits per heavy atom. The molecule has 3 rings (SSSR count). The van der Waals surface area contributed by atoms with Crippen LogP contribution in [0.15, 0.2) is 5.38 Å². The average molecular weight is 279 g/mol. The summed E-state index contributed by atoms with van der Waals surface area (Å²) in [7, 11) is 1.95. The first-order valence-corrected chi connectivity index (χ1v) is 8.00. The minimum Gasteiger partial charge on any atom is -0.337 e. The van der Waals surface area contributed by atoms with E-state index < -0.39 is 0 Å². The lowest BCUT2D eigenvalue weighted by molar-refractivity contribution is 0.0684. The van der Waals surface area contributed by atoms with Crippen LogP contribution in [-0.4, -0.2) is 35.4 Å². The summed E-state index contributed by atoms with van der Waals surface area (Å²) in [6.45, 7) is 0.587. The summed E-state index contributed by atoms with van der Waals surface area (Å²) >= 11 is 1.54. The molecule has 0 unspecified atom stereocenters. The number of nitrogens with zero attached hydrogens (tertiary/aromatic N) is 2. The summed E-state index contributed by atoms with van der Waals surface area (Å²) in [4.78, 5) is 18.9. The quantitative estimate of drug-likeness (QED) is 0.865. The van der Waals surface area contributed by atoms with Crippen molar-refractivity contribution in [2.24, 2.45) is 17.6 Å². The normalized spacial score (nSPS) is 18.9. The molecule has 0 spiro atoms. The lowest BCUT2D eigenvalue weighted by Crippen LogP contribution is -2.40. The monoisotopic (exact) mass is 279 g/mol. The van der Waals surface area contributed by atoms with Crippen molar-refractivity contribution in [1.29, 1.82) is 0 Å². The number of amides is 1. The van der Waals surface area contributed by atoms with Gasteiger partial charge in [-0.1, -0.05) is 0 Å². The second-order valence-electron chi connectivity index (χ2n) is 5.75. The molecule has 0 aromatic carbocycles. The van der Waals surface area contributed by atoms with Crippen molar-refractivity contribution in [2.45, 2.75) is 38.1 Å². The molecule has 0 saturated heterocycles. The Kier molecular flexibility index (Phi) is 3.58. The van der Waals surface area contributed by atoms with E-state index in [9.17, 15) is 4.79 Å². The number of hydrogen-bond acceptors (Lipinski definition) is 4. The van der Waals surface area contributed by atoms with Crippen molar-refractivity contribution in [3.8, 4) is 0 Å². The van der Waals surface area contributed by atoms with Gasteiger partial charge in [0.05, 0.1) is 5.01 Å². The van der Waals surface area contributed by atoms with Crippen LogP contribution >= 0.6 is 11.3 Å². The molecule has 2 aliphatic rings. The average Bonchev–Trinajstić information content (AvgIpc) is 3.32. The fourth-order valence-corrected chi connectivity index (χ4v) is 3.64. The zero-order chi connectivity index (χ0) is 13.4. The molecule has 19 heavy (non-hydrogen) atoms. The van der Waals surface area contributed by atoms with E-state index in [2.05, 4.69) is 4.98 Å². The Bertz CT molecular complexity index is 453. The fraction of sp³-hybridized carbons (Fsp3) is 0.714. The molecule has 1 amide bonds. The predicted molar refractivity (Wildman–Crippen MR) is 76.2 cm³/mol. The third-order valence-electron chi connectivity index (χ3n) is 4.11. The number of aromatic nitrogens is 1. The van der Waals surface area contributed by atoms with Gasteiger partial charge in [-0.15, -0.1) is 11.3 Å². The Hall–Kier alpha value is -0.940. The van der Waals surface area contributed by atoms with Gasteiger partial charge in [0.1, 0.15) is 5.69 Å². The van der Waals surface area contributed by atoms with Gasteiger partial charge in [0.25, 0.3) is 5.91 Å². The number of carbonyl (C=O) groups is 1. The third-order valence-corrected chi connectivity index (χ3v) is 5.02. The highest BCUT2D eigenvalue weighted by atomic mass is 32.1. The zero-order valence-electron chi connectivity index (χ0n) is 11.3. The summed E-state index contributed by atoms with van der Waals surface area (Å²) in [5, 5.41) is 2.84. The molecular formula is C14H21N3OS. The van der Waals surface area contributed by atoms with E-state index in [0.717, 1.165) is 23.3 Å². The van der Waals surface area contributed by atoms with Crippen molar-refractivity contribution in [3.63, 3.8) is 0 Å². The molecule has 4 nitrogen and oxygen atoms in total. The highest BCUT2D eigenvalue weighted by Crippen LogP contribution is 2.47. The lowest BCUT2D eigenvalue weighted by Gasteiger charge is -2.27. The van der Waals surface area contributed by atoms with E-state index in [4.69, 9.17) is 5.73 Å². The first-order chi connectivity index (χ1) is 9.20. The number of hydrogen-bond donors (Lipinski definition) is 1. The van der Waals surface area contributed by atoms with Crippen LogP contribution in [0.5, 0.6) is 0 Å². The molecule has 1 aromatic rings. The van der Waals surface area contributed by atoms with E-state index in [1.807, 2.05) is 17.3 Å². The van der Waals surface area contributed by atoms with E-state index in [1.165, 1.54) is 25.7 Å². The lowest BCUT2D eigenvalue weighted by atomic mass is 10.1. The molecule has 0 bridgehead atoms. The summed E-state index contributed by atoms with van der Waals surface area (Å²) in [5.41, 5.74) is 6.12. The van der Waals surface area contributed by atoms with Crippen LogP contribution in [0, 0.1) is 11.8 Å². The van der Waals surface area contributed by atoms with Crippen molar-refractivity contribution >= 4 is 17.2 Å². The molecule has 0 atom stereocenters. The molecule has 2 N–H and O–H groups in total. The SMILES string of the molecule is CN(C(=O)c1csc(CCN)n1)C(C1CC1)C1CC1. The van der Waals surface area contributed by atoms with Crippen molar-refractivity contribution in [1.82, 2.24) is 9.88 Å². The number of rotatable bonds is 6. The van der Waals surface area contributed by atoms with Gasteiger partial charge in [-0.3, -0.25) is 4.79 Å². The second kappa shape index (κ2) is 5.21. The maximum Gasteiger partial charge on any atom is 0.273 e. The number of thiazole rings is 1. The molecule has 5 heteroatoms. The van der Waals surface area contributed by atoms with Crippen molar-refractivity contribution in [2.75, 3.05) is 13.6 Å². The highest BCUT2D eigenvalue weighted by molar-refractivity contribution is 7.09. The van der Waals surface area contributed by atoms with Gasteiger partial charge < -0.3 is 10.6 Å². The molecule has 2 aliphatic carbocycles. The van der Waals surface area contributed by atoms with Gasteiger partial charge in [0.2, 0.25) is 0 Å². The van der Waals surface area contributed by atoms with Crippen LogP contribution < -0.4 is 5.73 Å². The second-order valence-corrected chi connectivity index (χ2v) is 6.69. The fourth-order valence-electron chi connectivity index (χ4n) is 2.86. The molecular weight excluding hydrogens is 258 g/mol. The highest BCUT2D eigenvalue weighted by Gasteiger charge is 2.45. The van der Waals surface area contributed by atoms with Crippen LogP contribution in [0.3, 0.4) is 0 Å². The standard InChI is InChI=1S/C14H21N3OS/c1-17(13(9-2-3-9)10-4-5-10)14(18)11-8-19-12(16-11)6-7-15/h8-10,13H,2-7,15H2,1H3. The molecule has 2 saturated carbocycles. The van der Waals surface area contributed by atoms with E-state index in [0.29, 0.717) is 18.3 Å². The Morgan fingerprint density at radius 2 is 2.11 bits per heavy atom. The van der Waals surface area contributed by atoms with Crippen LogP contribution in [0.25, 0.3) is 0 Å². The van der Waals surface area contributed by atoms with Crippen LogP contribution in [0.4, 0.5) is 0 Å². The van der Waals surface area contributed by atoms with Gasteiger partial charge in [-0.25, -0.2) is 4.98 Å². The molecule has 0 radical (unpaired) electrons. The summed E-state index contributed by atoms with van der Waals surface area (Å²) in [5.74, 6) is 1.57. The Morgan fingerprint density at radius 3 is 2.63 bits per heavy atom.